The molecule has 44 valence electrons. The maximum Gasteiger partial charge on any atom is 0.0431 e. The lowest BCUT2D eigenvalue weighted by Gasteiger charge is -2.02. The molecule has 2 bridgehead atoms. The molecule has 3 heteroatoms. The zero-order chi connectivity index (χ0) is 5.52. The van der Waals surface area contributed by atoms with Crippen LogP contribution in [0.3, 0.4) is 0 Å². The molecule has 2 saturated heterocycles. The fraction of sp³-hybridized carbons (Fsp3) is 1.00. The summed E-state index contributed by atoms with van der Waals surface area (Å²) in [6.07, 6.45) is 0. The molecule has 0 aromatic rings. The molecule has 1 unspecified atom stereocenters. The van der Waals surface area contributed by atoms with E-state index in [9.17, 15) is 0 Å². The number of nitrogens with zero attached hydrogens (tertiary/aromatic N) is 1. The summed E-state index contributed by atoms with van der Waals surface area (Å²) in [7, 11) is 0. The first kappa shape index (κ1) is 4.46. The largest absolute Gasteiger partial charge is 0.323 e. The second-order valence-electron chi connectivity index (χ2n) is 3.16. The highest BCUT2D eigenvalue weighted by molar-refractivity contribution is 14.1. The Hall–Kier alpha value is 0.650. The molecule has 2 aliphatic carbocycles. The van der Waals surface area contributed by atoms with E-state index in [-0.39, 0.29) is 0 Å². The van der Waals surface area contributed by atoms with E-state index < -0.39 is 0 Å². The Morgan fingerprint density at radius 1 is 1.75 bits per heavy atom. The summed E-state index contributed by atoms with van der Waals surface area (Å²) in [6.45, 7) is 1.26. The lowest BCUT2D eigenvalue weighted by molar-refractivity contribution is 0.577. The van der Waals surface area contributed by atoms with E-state index in [4.69, 9.17) is 5.73 Å². The number of piperidine rings is 1. The fourth-order valence-electron chi connectivity index (χ4n) is 2.28. The summed E-state index contributed by atoms with van der Waals surface area (Å²) in [4.78, 5) is 0. The molecule has 0 aromatic heterocycles. The highest BCUT2D eigenvalue weighted by atomic mass is 127. The van der Waals surface area contributed by atoms with Gasteiger partial charge in [-0.2, -0.15) is 0 Å². The van der Waals surface area contributed by atoms with Gasteiger partial charge in [0.05, 0.1) is 0 Å². The Labute approximate surface area is 61.9 Å². The van der Waals surface area contributed by atoms with Gasteiger partial charge in [-0.15, -0.1) is 0 Å². The molecule has 4 aliphatic rings. The molecule has 0 radical (unpaired) electrons. The molecule has 4 atom stereocenters. The van der Waals surface area contributed by atoms with Crippen molar-refractivity contribution in [3.8, 4) is 0 Å². The molecule has 2 heterocycles. The maximum atomic E-state index is 5.93. The van der Waals surface area contributed by atoms with Crippen molar-refractivity contribution in [2.24, 2.45) is 17.6 Å². The zero-order valence-electron chi connectivity index (χ0n) is 4.34. The lowest BCUT2D eigenvalue weighted by atomic mass is 10.2. The fourth-order valence-corrected chi connectivity index (χ4v) is 3.53. The minimum absolute atomic E-state index is 0.335. The normalized spacial score (nSPS) is 75.0. The summed E-state index contributed by atoms with van der Waals surface area (Å²) >= 11 is 2.38. The van der Waals surface area contributed by atoms with E-state index in [2.05, 4.69) is 26.0 Å². The Balaban J connectivity index is 2.06. The quantitative estimate of drug-likeness (QED) is 0.461. The summed E-state index contributed by atoms with van der Waals surface area (Å²) < 4.78 is 2.37. The van der Waals surface area contributed by atoms with Crippen LogP contribution in [0, 0.1) is 11.8 Å². The predicted octanol–water partition coefficient (Wildman–Crippen LogP) is -0.0223. The molecule has 0 spiro atoms. The van der Waals surface area contributed by atoms with Gasteiger partial charge in [0.25, 0.3) is 0 Å². The van der Waals surface area contributed by atoms with Crippen molar-refractivity contribution in [3.63, 3.8) is 0 Å². The molecule has 2 saturated carbocycles. The molecule has 0 aromatic carbocycles. The smallest absolute Gasteiger partial charge is 0.0431 e. The summed E-state index contributed by atoms with van der Waals surface area (Å²) in [5, 5.41) is 0. The molecular weight excluding hydrogens is 215 g/mol. The van der Waals surface area contributed by atoms with Crippen LogP contribution >= 0.6 is 22.9 Å². The van der Waals surface area contributed by atoms with Crippen molar-refractivity contribution < 1.29 is 0 Å². The van der Waals surface area contributed by atoms with Crippen molar-refractivity contribution in [3.05, 3.63) is 0 Å². The Morgan fingerprint density at radius 2 is 2.38 bits per heavy atom. The Morgan fingerprint density at radius 3 is 2.50 bits per heavy atom. The van der Waals surface area contributed by atoms with Crippen LogP contribution in [0.25, 0.3) is 0 Å². The van der Waals surface area contributed by atoms with Gasteiger partial charge in [0.15, 0.2) is 0 Å². The van der Waals surface area contributed by atoms with Gasteiger partial charge < -0.3 is 5.73 Å². The molecule has 2 nitrogen and oxygen atoms in total. The minimum atomic E-state index is 0.335. The molecular formula is C5H7IN2. The van der Waals surface area contributed by atoms with Crippen LogP contribution in [-0.4, -0.2) is 21.2 Å². The molecule has 2 aliphatic heterocycles. The number of halogens is 1. The highest BCUT2D eigenvalue weighted by Crippen LogP contribution is 2.77. The van der Waals surface area contributed by atoms with E-state index in [1.165, 1.54) is 6.54 Å². The van der Waals surface area contributed by atoms with Gasteiger partial charge in [0.1, 0.15) is 0 Å². The van der Waals surface area contributed by atoms with Gasteiger partial charge in [-0.25, -0.2) is 3.11 Å². The number of nitrogens with two attached hydrogens (primary N) is 1. The third kappa shape index (κ3) is 0.226. The molecule has 2 N–H and O–H groups in total. The first-order valence-corrected chi connectivity index (χ1v) is 3.94. The minimum Gasteiger partial charge on any atom is -0.323 e. The summed E-state index contributed by atoms with van der Waals surface area (Å²) in [6, 6.07) is 0.785. The highest BCUT2D eigenvalue weighted by Gasteiger charge is 2.90. The molecule has 4 rings (SSSR count). The third-order valence-corrected chi connectivity index (χ3v) is 3.95. The van der Waals surface area contributed by atoms with Crippen LogP contribution in [-0.2, 0) is 0 Å². The third-order valence-electron chi connectivity index (χ3n) is 2.96. The Kier molecular flexibility index (Phi) is 0.489. The second-order valence-corrected chi connectivity index (χ2v) is 4.40. The topological polar surface area (TPSA) is 29.3 Å². The van der Waals surface area contributed by atoms with Crippen molar-refractivity contribution in [1.29, 1.82) is 0 Å². The van der Waals surface area contributed by atoms with E-state index >= 15 is 0 Å². The van der Waals surface area contributed by atoms with Gasteiger partial charge in [-0.05, 0) is 5.92 Å². The van der Waals surface area contributed by atoms with E-state index in [1.54, 1.807) is 0 Å². The average Bonchev–Trinajstić information content (AvgIpc) is 2.26. The standard InChI is InChI=1S/C5H7IN2/c6-8-1-2-3-4(8)5(2,3)7/h2-4H,1,7H2/t2-,3-,4?,5-/m1/s1. The van der Waals surface area contributed by atoms with Gasteiger partial charge in [-0.1, -0.05) is 0 Å². The van der Waals surface area contributed by atoms with Crippen LogP contribution in [0.4, 0.5) is 0 Å². The number of hydrogen-bond acceptors (Lipinski definition) is 2. The summed E-state index contributed by atoms with van der Waals surface area (Å²) in [5.41, 5.74) is 6.27. The van der Waals surface area contributed by atoms with Gasteiger partial charge in [0.2, 0.25) is 0 Å². The van der Waals surface area contributed by atoms with Crippen LogP contribution in [0.1, 0.15) is 0 Å². The Bertz CT molecular complexity index is 164. The predicted molar refractivity (Wildman–Crippen MR) is 38.4 cm³/mol. The molecule has 0 amide bonds. The van der Waals surface area contributed by atoms with Crippen molar-refractivity contribution in [2.45, 2.75) is 11.6 Å². The zero-order valence-corrected chi connectivity index (χ0v) is 6.50. The van der Waals surface area contributed by atoms with Gasteiger partial charge in [-0.3, -0.25) is 0 Å². The average molecular weight is 222 g/mol. The number of hydrogen-bond donors (Lipinski definition) is 1. The first-order chi connectivity index (χ1) is 3.76. The van der Waals surface area contributed by atoms with Crippen LogP contribution in [0.2, 0.25) is 0 Å². The monoisotopic (exact) mass is 222 g/mol. The number of rotatable bonds is 0. The van der Waals surface area contributed by atoms with Gasteiger partial charge >= 0.3 is 0 Å². The lowest BCUT2D eigenvalue weighted by Crippen LogP contribution is -2.23. The van der Waals surface area contributed by atoms with Crippen LogP contribution in [0.5, 0.6) is 0 Å². The summed E-state index contributed by atoms with van der Waals surface area (Å²) in [5.74, 6) is 1.81. The number of fused-ring (bicyclic) bond motifs is 1. The van der Waals surface area contributed by atoms with E-state index in [1.807, 2.05) is 0 Å². The SMILES string of the molecule is N[C@@]12C3[C@H]1[C@H]2CN3I. The first-order valence-electron chi connectivity index (χ1n) is 2.97. The molecule has 8 heavy (non-hydrogen) atoms. The van der Waals surface area contributed by atoms with E-state index in [0.717, 1.165) is 17.9 Å². The van der Waals surface area contributed by atoms with Crippen LogP contribution < -0.4 is 5.73 Å². The maximum absolute atomic E-state index is 5.93. The van der Waals surface area contributed by atoms with Crippen LogP contribution in [0.15, 0.2) is 0 Å². The van der Waals surface area contributed by atoms with Gasteiger partial charge in [0, 0.05) is 46.9 Å². The molecule has 4 fully saturated rings. The van der Waals surface area contributed by atoms with Crippen molar-refractivity contribution >= 4 is 22.9 Å². The van der Waals surface area contributed by atoms with Crippen molar-refractivity contribution in [1.82, 2.24) is 3.11 Å². The van der Waals surface area contributed by atoms with Crippen molar-refractivity contribution in [2.75, 3.05) is 6.54 Å². The van der Waals surface area contributed by atoms with E-state index in [0.29, 0.717) is 5.54 Å². The second kappa shape index (κ2) is 0.876.